The molecule has 1 fully saturated rings. The van der Waals surface area contributed by atoms with Gasteiger partial charge in [0.05, 0.1) is 6.54 Å². The third kappa shape index (κ3) is 14.3. The van der Waals surface area contributed by atoms with Gasteiger partial charge < -0.3 is 26.4 Å². The maximum Gasteiger partial charge on any atom is 0.241 e. The number of nitrogens with zero attached hydrogens (tertiary/aromatic N) is 1. The molecule has 0 spiro atoms. The Kier molecular flexibility index (Phi) is 14.6. The van der Waals surface area contributed by atoms with Gasteiger partial charge in [0.2, 0.25) is 24.1 Å². The zero-order valence-corrected chi connectivity index (χ0v) is 20.5. The summed E-state index contributed by atoms with van der Waals surface area (Å²) in [7, 11) is 0. The Morgan fingerprint density at radius 3 is 2.17 bits per heavy atom. The average Bonchev–Trinajstić information content (AvgIpc) is 3.40. The summed E-state index contributed by atoms with van der Waals surface area (Å²) in [5, 5.41) is 14.0. The van der Waals surface area contributed by atoms with Crippen molar-refractivity contribution >= 4 is 24.1 Å². The van der Waals surface area contributed by atoms with Crippen molar-refractivity contribution in [1.29, 1.82) is 0 Å². The molecule has 2 aromatic rings. The number of carbonyl (C=O) groups excluding carboxylic acids is 4. The number of hydrogen-bond donors (Lipinski definition) is 4. The van der Waals surface area contributed by atoms with E-state index >= 15 is 0 Å². The Labute approximate surface area is 210 Å². The highest BCUT2D eigenvalue weighted by Gasteiger charge is 2.18. The highest BCUT2D eigenvalue weighted by Crippen LogP contribution is 2.09. The number of benzene rings is 2. The van der Waals surface area contributed by atoms with Crippen molar-refractivity contribution in [2.75, 3.05) is 26.2 Å². The Morgan fingerprint density at radius 1 is 1.03 bits per heavy atom. The molecular formula is C26H35FN4O5. The van der Waals surface area contributed by atoms with Gasteiger partial charge in [-0.3, -0.25) is 19.2 Å². The van der Waals surface area contributed by atoms with Crippen LogP contribution in [0, 0.1) is 12.7 Å². The summed E-state index contributed by atoms with van der Waals surface area (Å²) < 4.78 is 12.1. The number of rotatable bonds is 9. The first-order chi connectivity index (χ1) is 17.2. The molecular weight excluding hydrogens is 467 g/mol. The van der Waals surface area contributed by atoms with E-state index in [0.29, 0.717) is 13.0 Å². The number of halogens is 1. The quantitative estimate of drug-likeness (QED) is 0.306. The topological polar surface area (TPSA) is 142 Å². The highest BCUT2D eigenvalue weighted by molar-refractivity contribution is 5.87. The highest BCUT2D eigenvalue weighted by atomic mass is 19.1. The zero-order chi connectivity index (χ0) is 26.8. The van der Waals surface area contributed by atoms with Crippen LogP contribution in [0.5, 0.6) is 5.75 Å². The van der Waals surface area contributed by atoms with Gasteiger partial charge in [-0.05, 0) is 56.0 Å². The van der Waals surface area contributed by atoms with Crippen molar-refractivity contribution in [1.82, 2.24) is 15.5 Å². The van der Waals surface area contributed by atoms with Crippen LogP contribution in [0.4, 0.5) is 4.39 Å². The van der Waals surface area contributed by atoms with Gasteiger partial charge in [0.25, 0.3) is 0 Å². The molecule has 0 atom stereocenters. The molecule has 196 valence electrons. The van der Waals surface area contributed by atoms with Crippen molar-refractivity contribution in [3.8, 4) is 5.75 Å². The van der Waals surface area contributed by atoms with E-state index in [2.05, 4.69) is 10.6 Å². The third-order valence-electron chi connectivity index (χ3n) is 5.08. The minimum Gasteiger partial charge on any atom is -0.508 e. The van der Waals surface area contributed by atoms with Gasteiger partial charge in [-0.1, -0.05) is 29.8 Å². The van der Waals surface area contributed by atoms with E-state index in [1.807, 2.05) is 19.1 Å². The predicted molar refractivity (Wildman–Crippen MR) is 134 cm³/mol. The molecule has 1 aliphatic rings. The number of nitrogens with two attached hydrogens (primary N) is 1. The number of carbonyl (C=O) groups is 4. The molecule has 0 saturated carbocycles. The molecule has 3 rings (SSSR count). The summed E-state index contributed by atoms with van der Waals surface area (Å²) in [4.78, 5) is 44.7. The minimum atomic E-state index is -0.513. The van der Waals surface area contributed by atoms with Crippen molar-refractivity contribution in [3.63, 3.8) is 0 Å². The Hall–Kier alpha value is -3.95. The third-order valence-corrected chi connectivity index (χ3v) is 5.08. The summed E-state index contributed by atoms with van der Waals surface area (Å²) in [6.45, 7) is 4.12. The Morgan fingerprint density at radius 2 is 1.64 bits per heavy atom. The molecule has 9 nitrogen and oxygen atoms in total. The largest absolute Gasteiger partial charge is 0.508 e. The molecule has 0 bridgehead atoms. The SMILES string of the molecule is Cc1ccc(F)cc1.NC(=O)CCC(=O)NCC(=O)N1CCCC1.O=CNCCc1ccc(O)cc1. The van der Waals surface area contributed by atoms with Crippen molar-refractivity contribution in [2.45, 2.75) is 39.0 Å². The van der Waals surface area contributed by atoms with Crippen LogP contribution < -0.4 is 16.4 Å². The Balaban J connectivity index is 0.000000285. The first-order valence-electron chi connectivity index (χ1n) is 11.7. The monoisotopic (exact) mass is 502 g/mol. The van der Waals surface area contributed by atoms with Crippen LogP contribution in [0.1, 0.15) is 36.8 Å². The normalized spacial score (nSPS) is 11.8. The van der Waals surface area contributed by atoms with Gasteiger partial charge in [0.1, 0.15) is 11.6 Å². The molecule has 0 aliphatic carbocycles. The van der Waals surface area contributed by atoms with E-state index < -0.39 is 5.91 Å². The molecule has 5 N–H and O–H groups in total. The molecule has 1 aliphatic heterocycles. The fourth-order valence-electron chi connectivity index (χ4n) is 3.05. The fourth-order valence-corrected chi connectivity index (χ4v) is 3.05. The van der Waals surface area contributed by atoms with Crippen LogP contribution in [0.3, 0.4) is 0 Å². The van der Waals surface area contributed by atoms with Gasteiger partial charge in [-0.15, -0.1) is 0 Å². The molecule has 0 radical (unpaired) electrons. The van der Waals surface area contributed by atoms with Crippen LogP contribution in [0.2, 0.25) is 0 Å². The van der Waals surface area contributed by atoms with E-state index in [1.165, 1.54) is 12.1 Å². The zero-order valence-electron chi connectivity index (χ0n) is 20.5. The molecule has 2 aromatic carbocycles. The lowest BCUT2D eigenvalue weighted by atomic mass is 10.1. The lowest BCUT2D eigenvalue weighted by Gasteiger charge is -2.15. The molecule has 1 heterocycles. The number of aromatic hydroxyl groups is 1. The van der Waals surface area contributed by atoms with Gasteiger partial charge in [-0.25, -0.2) is 4.39 Å². The lowest BCUT2D eigenvalue weighted by Crippen LogP contribution is -2.38. The maximum absolute atomic E-state index is 12.1. The molecule has 1 saturated heterocycles. The smallest absolute Gasteiger partial charge is 0.241 e. The second-order valence-electron chi connectivity index (χ2n) is 8.11. The summed E-state index contributed by atoms with van der Waals surface area (Å²) in [6.07, 6.45) is 3.59. The van der Waals surface area contributed by atoms with Crippen LogP contribution in [0.25, 0.3) is 0 Å². The standard InChI is InChI=1S/C10H17N3O3.C9H11NO2.C7H7F/c11-8(14)3-4-9(15)12-7-10(16)13-5-1-2-6-13;11-7-10-6-5-8-1-3-9(12)4-2-8;1-6-2-4-7(8)5-3-6/h1-7H2,(H2,11,14)(H,12,15);1-4,7,12H,5-6H2,(H,10,11);2-5H,1H3. The number of aryl methyl sites for hydroxylation is 1. The lowest BCUT2D eigenvalue weighted by molar-refractivity contribution is -0.132. The van der Waals surface area contributed by atoms with Crippen LogP contribution >= 0.6 is 0 Å². The first-order valence-corrected chi connectivity index (χ1v) is 11.7. The minimum absolute atomic E-state index is 0.0115. The molecule has 36 heavy (non-hydrogen) atoms. The number of primary amides is 1. The molecule has 10 heteroatoms. The van der Waals surface area contributed by atoms with E-state index in [-0.39, 0.29) is 42.8 Å². The van der Waals surface area contributed by atoms with Gasteiger partial charge >= 0.3 is 0 Å². The van der Waals surface area contributed by atoms with E-state index in [9.17, 15) is 23.6 Å². The fraction of sp³-hybridized carbons (Fsp3) is 0.385. The number of amides is 4. The van der Waals surface area contributed by atoms with E-state index in [4.69, 9.17) is 10.8 Å². The summed E-state index contributed by atoms with van der Waals surface area (Å²) in [5.41, 5.74) is 7.09. The molecule has 0 aromatic heterocycles. The first kappa shape index (κ1) is 30.1. The summed E-state index contributed by atoms with van der Waals surface area (Å²) >= 11 is 0. The molecule has 0 unspecified atom stereocenters. The van der Waals surface area contributed by atoms with Gasteiger partial charge in [0.15, 0.2) is 0 Å². The van der Waals surface area contributed by atoms with Crippen molar-refractivity contribution in [3.05, 3.63) is 65.5 Å². The average molecular weight is 503 g/mol. The number of phenolic OH excluding ortho intramolecular Hbond substituents is 1. The Bertz CT molecular complexity index is 925. The van der Waals surface area contributed by atoms with Crippen molar-refractivity contribution < 1.29 is 28.7 Å². The van der Waals surface area contributed by atoms with E-state index in [0.717, 1.165) is 43.5 Å². The number of likely N-dealkylation sites (tertiary alicyclic amines) is 1. The van der Waals surface area contributed by atoms with Crippen LogP contribution in [-0.2, 0) is 25.6 Å². The second-order valence-corrected chi connectivity index (χ2v) is 8.11. The summed E-state index contributed by atoms with van der Waals surface area (Å²) in [6, 6.07) is 13.3. The van der Waals surface area contributed by atoms with Gasteiger partial charge in [-0.2, -0.15) is 0 Å². The van der Waals surface area contributed by atoms with Crippen LogP contribution in [0.15, 0.2) is 48.5 Å². The maximum atomic E-state index is 12.1. The number of nitrogens with one attached hydrogen (secondary N) is 2. The molecule has 4 amide bonds. The predicted octanol–water partition coefficient (Wildman–Crippen LogP) is 1.81. The number of phenols is 1. The van der Waals surface area contributed by atoms with Gasteiger partial charge in [0, 0.05) is 32.5 Å². The van der Waals surface area contributed by atoms with Crippen molar-refractivity contribution in [2.24, 2.45) is 5.73 Å². The number of hydrogen-bond acceptors (Lipinski definition) is 5. The van der Waals surface area contributed by atoms with Crippen LogP contribution in [-0.4, -0.2) is 60.3 Å². The van der Waals surface area contributed by atoms with E-state index in [1.54, 1.807) is 29.2 Å². The summed E-state index contributed by atoms with van der Waals surface area (Å²) in [5.74, 6) is -0.796. The second kappa shape index (κ2) is 17.5.